The number of nitrogens with zero attached hydrogens (tertiary/aromatic N) is 1. The molecule has 1 aromatic heterocycles. The number of aryl methyl sites for hydroxylation is 1. The Labute approximate surface area is 89.3 Å². The molecule has 0 saturated carbocycles. The highest BCUT2D eigenvalue weighted by atomic mass is 16.5. The fourth-order valence-corrected chi connectivity index (χ4v) is 1.12. The zero-order chi connectivity index (χ0) is 11.1. The maximum absolute atomic E-state index is 7.36. The molecular formula is C10H17N3O2. The first kappa shape index (κ1) is 11.7. The third-order valence-electron chi connectivity index (χ3n) is 1.97. The lowest BCUT2D eigenvalue weighted by Crippen LogP contribution is -2.07. The summed E-state index contributed by atoms with van der Waals surface area (Å²) >= 11 is 0. The van der Waals surface area contributed by atoms with Crippen LogP contribution in [-0.4, -0.2) is 29.1 Å². The van der Waals surface area contributed by atoms with Gasteiger partial charge in [-0.3, -0.25) is 5.41 Å². The Kier molecular flexibility index (Phi) is 4.83. The molecule has 0 radical (unpaired) electrons. The summed E-state index contributed by atoms with van der Waals surface area (Å²) in [5, 5.41) is 7.36. The van der Waals surface area contributed by atoms with Crippen molar-refractivity contribution >= 4 is 5.90 Å². The number of aromatic amines is 1. The summed E-state index contributed by atoms with van der Waals surface area (Å²) in [5.74, 6) is 0.277. The number of nitrogens with one attached hydrogen (secondary N) is 2. The normalized spacial score (nSPS) is 10.3. The van der Waals surface area contributed by atoms with Gasteiger partial charge in [-0.15, -0.1) is 0 Å². The van der Waals surface area contributed by atoms with E-state index in [1.165, 1.54) is 0 Å². The first-order valence-electron chi connectivity index (χ1n) is 5.00. The van der Waals surface area contributed by atoms with Crippen molar-refractivity contribution in [2.45, 2.75) is 26.9 Å². The van der Waals surface area contributed by atoms with Crippen LogP contribution in [0.2, 0.25) is 0 Å². The van der Waals surface area contributed by atoms with E-state index in [-0.39, 0.29) is 5.90 Å². The van der Waals surface area contributed by atoms with E-state index < -0.39 is 0 Å². The van der Waals surface area contributed by atoms with Gasteiger partial charge in [-0.25, -0.2) is 4.98 Å². The molecule has 5 nitrogen and oxygen atoms in total. The molecule has 5 heteroatoms. The molecular weight excluding hydrogens is 194 g/mol. The van der Waals surface area contributed by atoms with Gasteiger partial charge < -0.3 is 14.5 Å². The topological polar surface area (TPSA) is 71.0 Å². The minimum atomic E-state index is 0.277. The van der Waals surface area contributed by atoms with Crippen LogP contribution in [0.5, 0.6) is 0 Å². The largest absolute Gasteiger partial charge is 0.481 e. The monoisotopic (exact) mass is 211 g/mol. The Hall–Kier alpha value is -1.36. The van der Waals surface area contributed by atoms with Crippen LogP contribution in [-0.2, 0) is 16.1 Å². The highest BCUT2D eigenvalue weighted by molar-refractivity contribution is 5.72. The quantitative estimate of drug-likeness (QED) is 0.427. The molecule has 0 aliphatic rings. The van der Waals surface area contributed by atoms with Crippen molar-refractivity contribution in [3.8, 4) is 0 Å². The average Bonchev–Trinajstić information content (AvgIpc) is 2.60. The van der Waals surface area contributed by atoms with Crippen LogP contribution < -0.4 is 0 Å². The van der Waals surface area contributed by atoms with Gasteiger partial charge in [0.2, 0.25) is 0 Å². The van der Waals surface area contributed by atoms with Crippen LogP contribution >= 0.6 is 0 Å². The van der Waals surface area contributed by atoms with Crippen molar-refractivity contribution in [3.63, 3.8) is 0 Å². The van der Waals surface area contributed by atoms with Crippen molar-refractivity contribution < 1.29 is 9.47 Å². The summed E-state index contributed by atoms with van der Waals surface area (Å²) in [7, 11) is 0. The molecule has 1 aromatic rings. The highest BCUT2D eigenvalue weighted by Gasteiger charge is 2.01. The molecule has 0 aliphatic heterocycles. The molecule has 2 N–H and O–H groups in total. The molecule has 0 fully saturated rings. The Morgan fingerprint density at radius 3 is 3.00 bits per heavy atom. The average molecular weight is 211 g/mol. The zero-order valence-corrected chi connectivity index (χ0v) is 9.17. The van der Waals surface area contributed by atoms with Crippen molar-refractivity contribution in [3.05, 3.63) is 17.7 Å². The van der Waals surface area contributed by atoms with Gasteiger partial charge in [0.25, 0.3) is 0 Å². The minimum Gasteiger partial charge on any atom is -0.481 e. The number of hydrogen-bond acceptors (Lipinski definition) is 4. The zero-order valence-electron chi connectivity index (χ0n) is 9.17. The molecule has 0 bridgehead atoms. The number of imidazole rings is 1. The van der Waals surface area contributed by atoms with E-state index in [4.69, 9.17) is 14.9 Å². The second kappa shape index (κ2) is 6.19. The Morgan fingerprint density at radius 1 is 1.60 bits per heavy atom. The maximum atomic E-state index is 7.36. The third kappa shape index (κ3) is 4.12. The fourth-order valence-electron chi connectivity index (χ4n) is 1.12. The highest BCUT2D eigenvalue weighted by Crippen LogP contribution is 2.02. The SMILES string of the molecule is CCOC(=N)CCOCc1[nH]cnc1C. The number of rotatable bonds is 6. The van der Waals surface area contributed by atoms with Crippen LogP contribution in [0.3, 0.4) is 0 Å². The summed E-state index contributed by atoms with van der Waals surface area (Å²) in [4.78, 5) is 7.06. The van der Waals surface area contributed by atoms with Gasteiger partial charge in [-0.05, 0) is 13.8 Å². The van der Waals surface area contributed by atoms with Gasteiger partial charge in [0, 0.05) is 6.42 Å². The summed E-state index contributed by atoms with van der Waals surface area (Å²) in [6.45, 7) is 5.34. The molecule has 15 heavy (non-hydrogen) atoms. The van der Waals surface area contributed by atoms with Crippen molar-refractivity contribution in [2.75, 3.05) is 13.2 Å². The van der Waals surface area contributed by atoms with E-state index in [2.05, 4.69) is 9.97 Å². The number of hydrogen-bond donors (Lipinski definition) is 2. The summed E-state index contributed by atoms with van der Waals surface area (Å²) in [6, 6.07) is 0. The van der Waals surface area contributed by atoms with E-state index in [9.17, 15) is 0 Å². The van der Waals surface area contributed by atoms with Crippen molar-refractivity contribution in [1.82, 2.24) is 9.97 Å². The Bertz CT molecular complexity index is 309. The van der Waals surface area contributed by atoms with Gasteiger partial charge in [-0.1, -0.05) is 0 Å². The van der Waals surface area contributed by atoms with Gasteiger partial charge >= 0.3 is 0 Å². The molecule has 1 heterocycles. The third-order valence-corrected chi connectivity index (χ3v) is 1.97. The predicted molar refractivity (Wildman–Crippen MR) is 57.0 cm³/mol. The molecule has 0 aromatic carbocycles. The fraction of sp³-hybridized carbons (Fsp3) is 0.600. The van der Waals surface area contributed by atoms with Crippen LogP contribution in [0.25, 0.3) is 0 Å². The second-order valence-electron chi connectivity index (χ2n) is 3.13. The first-order valence-corrected chi connectivity index (χ1v) is 5.00. The number of H-pyrrole nitrogens is 1. The molecule has 1 rings (SSSR count). The van der Waals surface area contributed by atoms with Crippen molar-refractivity contribution in [1.29, 1.82) is 5.41 Å². The van der Waals surface area contributed by atoms with Crippen LogP contribution in [0.15, 0.2) is 6.33 Å². The van der Waals surface area contributed by atoms with Crippen LogP contribution in [0.1, 0.15) is 24.7 Å². The molecule has 0 atom stereocenters. The first-order chi connectivity index (χ1) is 7.24. The lowest BCUT2D eigenvalue weighted by Gasteiger charge is -2.05. The Balaban J connectivity index is 2.12. The second-order valence-corrected chi connectivity index (χ2v) is 3.13. The summed E-state index contributed by atoms with van der Waals surface area (Å²) in [5.41, 5.74) is 1.94. The summed E-state index contributed by atoms with van der Waals surface area (Å²) in [6.07, 6.45) is 2.16. The van der Waals surface area contributed by atoms with Gasteiger partial charge in [0.1, 0.15) is 0 Å². The van der Waals surface area contributed by atoms with E-state index in [0.717, 1.165) is 11.4 Å². The smallest absolute Gasteiger partial charge is 0.182 e. The van der Waals surface area contributed by atoms with Crippen LogP contribution in [0, 0.1) is 12.3 Å². The van der Waals surface area contributed by atoms with Crippen molar-refractivity contribution in [2.24, 2.45) is 0 Å². The van der Waals surface area contributed by atoms with E-state index >= 15 is 0 Å². The lowest BCUT2D eigenvalue weighted by molar-refractivity contribution is 0.120. The molecule has 0 amide bonds. The van der Waals surface area contributed by atoms with Crippen LogP contribution in [0.4, 0.5) is 0 Å². The van der Waals surface area contributed by atoms with Gasteiger partial charge in [-0.2, -0.15) is 0 Å². The van der Waals surface area contributed by atoms with Gasteiger partial charge in [0.05, 0.1) is 37.5 Å². The molecule has 0 unspecified atom stereocenters. The summed E-state index contributed by atoms with van der Waals surface area (Å²) < 4.78 is 10.4. The number of ether oxygens (including phenoxy) is 2. The van der Waals surface area contributed by atoms with Gasteiger partial charge in [0.15, 0.2) is 5.90 Å². The maximum Gasteiger partial charge on any atom is 0.182 e. The van der Waals surface area contributed by atoms with E-state index in [1.54, 1.807) is 6.33 Å². The lowest BCUT2D eigenvalue weighted by atomic mass is 10.4. The molecule has 0 spiro atoms. The molecule has 0 saturated heterocycles. The Morgan fingerprint density at radius 2 is 2.40 bits per heavy atom. The molecule has 84 valence electrons. The van der Waals surface area contributed by atoms with E-state index in [1.807, 2.05) is 13.8 Å². The predicted octanol–water partition coefficient (Wildman–Crippen LogP) is 1.64. The van der Waals surface area contributed by atoms with E-state index in [0.29, 0.717) is 26.2 Å². The molecule has 0 aliphatic carbocycles. The number of aromatic nitrogens is 2. The minimum absolute atomic E-state index is 0.277. The standard InChI is InChI=1S/C10H17N3O2/c1-3-15-10(11)4-5-14-6-9-8(2)12-7-13-9/h7,11H,3-6H2,1-2H3,(H,12,13).